The third-order valence-corrected chi connectivity index (χ3v) is 9.42. The highest BCUT2D eigenvalue weighted by Gasteiger charge is 2.77. The van der Waals surface area contributed by atoms with Crippen LogP contribution in [0.4, 0.5) is 5.69 Å². The number of hydrogen-bond acceptors (Lipinski definition) is 5. The number of benzene rings is 3. The molecular weight excluding hydrogens is 426 g/mol. The van der Waals surface area contributed by atoms with Gasteiger partial charge in [-0.25, -0.2) is 4.79 Å². The minimum absolute atomic E-state index is 0.105. The number of rotatable bonds is 1. The molecule has 34 heavy (non-hydrogen) atoms. The smallest absolute Gasteiger partial charge is 0.334 e. The number of carbonyl (C=O) groups is 2. The van der Waals surface area contributed by atoms with E-state index in [2.05, 4.69) is 35.2 Å². The lowest BCUT2D eigenvalue weighted by Gasteiger charge is -2.43. The molecule has 2 saturated heterocycles. The van der Waals surface area contributed by atoms with E-state index in [-0.39, 0.29) is 23.6 Å². The lowest BCUT2D eigenvalue weighted by atomic mass is 9.64. The SMILES string of the molecule is C[C@H]1CCC2C(OC(=O)C23CN3c2c3ccccc3cc3ccccc23)[C@]2(C)C(=O)C=C[C@@]12O. The maximum Gasteiger partial charge on any atom is 0.334 e. The largest absolute Gasteiger partial charge is 0.459 e. The Labute approximate surface area is 198 Å². The van der Waals surface area contributed by atoms with Crippen LogP contribution in [0, 0.1) is 17.3 Å². The number of ketones is 1. The minimum atomic E-state index is -1.30. The lowest BCUT2D eigenvalue weighted by Crippen LogP contribution is -2.57. The fraction of sp³-hybridized carbons (Fsp3) is 0.379. The van der Waals surface area contributed by atoms with Crippen LogP contribution in [-0.2, 0) is 14.3 Å². The van der Waals surface area contributed by atoms with E-state index in [1.54, 1.807) is 13.0 Å². The van der Waals surface area contributed by atoms with Crippen molar-refractivity contribution in [3.05, 3.63) is 66.7 Å². The first-order chi connectivity index (χ1) is 16.3. The van der Waals surface area contributed by atoms with Gasteiger partial charge >= 0.3 is 5.97 Å². The number of carbonyl (C=O) groups excluding carboxylic acids is 2. The summed E-state index contributed by atoms with van der Waals surface area (Å²) in [5.74, 6) is -0.682. The maximum atomic E-state index is 13.6. The summed E-state index contributed by atoms with van der Waals surface area (Å²) in [6.45, 7) is 4.36. The molecule has 5 heteroatoms. The summed E-state index contributed by atoms with van der Waals surface area (Å²) >= 11 is 0. The summed E-state index contributed by atoms with van der Waals surface area (Å²) in [4.78, 5) is 29.0. The van der Waals surface area contributed by atoms with Crippen molar-refractivity contribution < 1.29 is 19.4 Å². The third-order valence-electron chi connectivity index (χ3n) is 9.42. The predicted octanol–water partition coefficient (Wildman–Crippen LogP) is 4.40. The zero-order chi connectivity index (χ0) is 23.5. The van der Waals surface area contributed by atoms with Crippen LogP contribution in [0.1, 0.15) is 26.7 Å². The van der Waals surface area contributed by atoms with Gasteiger partial charge < -0.3 is 14.7 Å². The van der Waals surface area contributed by atoms with E-state index >= 15 is 0 Å². The Kier molecular flexibility index (Phi) is 3.73. The number of fused-ring (bicyclic) bond motifs is 6. The monoisotopic (exact) mass is 453 g/mol. The summed E-state index contributed by atoms with van der Waals surface area (Å²) in [7, 11) is 0. The van der Waals surface area contributed by atoms with Crippen molar-refractivity contribution >= 4 is 39.0 Å². The van der Waals surface area contributed by atoms with E-state index in [4.69, 9.17) is 4.74 Å². The van der Waals surface area contributed by atoms with E-state index in [1.807, 2.05) is 31.2 Å². The van der Waals surface area contributed by atoms with E-state index in [0.717, 1.165) is 40.1 Å². The molecule has 3 aromatic rings. The molecule has 0 amide bonds. The molecule has 3 unspecified atom stereocenters. The van der Waals surface area contributed by atoms with Crippen molar-refractivity contribution in [3.8, 4) is 0 Å². The molecule has 1 spiro atoms. The Morgan fingerprint density at radius 2 is 1.65 bits per heavy atom. The first-order valence-electron chi connectivity index (χ1n) is 12.2. The van der Waals surface area contributed by atoms with Gasteiger partial charge in [-0.15, -0.1) is 0 Å². The lowest BCUT2D eigenvalue weighted by molar-refractivity contribution is -0.166. The number of anilines is 1. The molecule has 2 aliphatic carbocycles. The number of hydrogen-bond donors (Lipinski definition) is 1. The van der Waals surface area contributed by atoms with Gasteiger partial charge in [0.15, 0.2) is 11.3 Å². The van der Waals surface area contributed by atoms with Gasteiger partial charge in [0.25, 0.3) is 0 Å². The molecule has 2 heterocycles. The number of ether oxygens (including phenoxy) is 1. The van der Waals surface area contributed by atoms with Gasteiger partial charge in [-0.3, -0.25) is 4.79 Å². The van der Waals surface area contributed by atoms with Gasteiger partial charge in [0.2, 0.25) is 0 Å². The van der Waals surface area contributed by atoms with E-state index in [1.165, 1.54) is 6.08 Å². The van der Waals surface area contributed by atoms with Gasteiger partial charge in [-0.2, -0.15) is 0 Å². The molecule has 1 saturated carbocycles. The summed E-state index contributed by atoms with van der Waals surface area (Å²) in [6, 6.07) is 18.8. The van der Waals surface area contributed by atoms with Gasteiger partial charge in [-0.05, 0) is 54.7 Å². The Hall–Kier alpha value is -3.18. The average molecular weight is 454 g/mol. The summed E-state index contributed by atoms with van der Waals surface area (Å²) in [5, 5.41) is 16.1. The molecule has 172 valence electrons. The average Bonchev–Trinajstić information content (AvgIpc) is 3.47. The molecule has 5 nitrogen and oxygen atoms in total. The molecule has 3 aromatic carbocycles. The zero-order valence-corrected chi connectivity index (χ0v) is 19.3. The Bertz CT molecular complexity index is 1390. The number of aliphatic hydroxyl groups is 1. The van der Waals surface area contributed by atoms with Crippen molar-refractivity contribution in [2.45, 2.75) is 43.9 Å². The normalized spacial score (nSPS) is 38.3. The van der Waals surface area contributed by atoms with Crippen LogP contribution in [0.5, 0.6) is 0 Å². The molecule has 4 aliphatic rings. The molecule has 7 rings (SSSR count). The van der Waals surface area contributed by atoms with Crippen molar-refractivity contribution in [2.24, 2.45) is 17.3 Å². The fourth-order valence-electron chi connectivity index (χ4n) is 7.31. The zero-order valence-electron chi connectivity index (χ0n) is 19.3. The molecule has 0 radical (unpaired) electrons. The van der Waals surface area contributed by atoms with Crippen LogP contribution < -0.4 is 4.90 Å². The molecule has 3 fully saturated rings. The van der Waals surface area contributed by atoms with Gasteiger partial charge in [0, 0.05) is 16.7 Å². The summed E-state index contributed by atoms with van der Waals surface area (Å²) in [5.41, 5.74) is -2.21. The standard InChI is InChI=1S/C29H27NO4/c1-17-11-12-22-25(27(2)23(31)13-14-29(17,27)33)34-26(32)28(22)16-30(28)24-20-9-5-3-7-18(20)15-19-8-4-6-10-21(19)24/h3-10,13-15,17,22,25,33H,11-12,16H2,1-2H3/t17-,22?,25?,27-,28?,29+,30?/m0/s1. The number of esters is 1. The Balaban J connectivity index is 1.41. The molecule has 2 aliphatic heterocycles. The van der Waals surface area contributed by atoms with Crippen LogP contribution in [-0.4, -0.2) is 40.6 Å². The topological polar surface area (TPSA) is 66.6 Å². The van der Waals surface area contributed by atoms with Crippen molar-refractivity contribution in [1.29, 1.82) is 0 Å². The molecule has 0 bridgehead atoms. The van der Waals surface area contributed by atoms with Crippen molar-refractivity contribution in [1.82, 2.24) is 0 Å². The highest BCUT2D eigenvalue weighted by Crippen LogP contribution is 2.63. The van der Waals surface area contributed by atoms with Crippen LogP contribution in [0.15, 0.2) is 66.7 Å². The predicted molar refractivity (Wildman–Crippen MR) is 131 cm³/mol. The third kappa shape index (κ3) is 2.15. The van der Waals surface area contributed by atoms with Crippen LogP contribution in [0.25, 0.3) is 21.5 Å². The fourth-order valence-corrected chi connectivity index (χ4v) is 7.31. The minimum Gasteiger partial charge on any atom is -0.459 e. The van der Waals surface area contributed by atoms with E-state index in [0.29, 0.717) is 6.54 Å². The van der Waals surface area contributed by atoms with Crippen LogP contribution >= 0.6 is 0 Å². The highest BCUT2D eigenvalue weighted by molar-refractivity contribution is 6.14. The summed E-state index contributed by atoms with van der Waals surface area (Å²) < 4.78 is 6.10. The molecule has 6 atom stereocenters. The van der Waals surface area contributed by atoms with Crippen molar-refractivity contribution in [3.63, 3.8) is 0 Å². The van der Waals surface area contributed by atoms with Crippen molar-refractivity contribution in [2.75, 3.05) is 11.4 Å². The Morgan fingerprint density at radius 1 is 1.00 bits per heavy atom. The number of nitrogens with zero attached hydrogens (tertiary/aromatic N) is 1. The number of allylic oxidation sites excluding steroid dienone is 1. The van der Waals surface area contributed by atoms with Gasteiger partial charge in [0.05, 0.1) is 17.6 Å². The first kappa shape index (κ1) is 20.2. The second-order valence-corrected chi connectivity index (χ2v) is 10.8. The molecule has 0 aromatic heterocycles. The van der Waals surface area contributed by atoms with Gasteiger partial charge in [-0.1, -0.05) is 55.5 Å². The highest BCUT2D eigenvalue weighted by atomic mass is 16.6. The van der Waals surface area contributed by atoms with Gasteiger partial charge in [0.1, 0.15) is 11.7 Å². The van der Waals surface area contributed by atoms with Crippen LogP contribution in [0.3, 0.4) is 0 Å². The maximum absolute atomic E-state index is 13.6. The summed E-state index contributed by atoms with van der Waals surface area (Å²) in [6.07, 6.45) is 3.94. The second kappa shape index (κ2) is 6.28. The molecule has 1 N–H and O–H groups in total. The second-order valence-electron chi connectivity index (χ2n) is 10.8. The Morgan fingerprint density at radius 3 is 2.32 bits per heavy atom. The molecular formula is C29H27NO4. The van der Waals surface area contributed by atoms with E-state index in [9.17, 15) is 14.7 Å². The quantitative estimate of drug-likeness (QED) is 0.336. The van der Waals surface area contributed by atoms with Crippen LogP contribution in [0.2, 0.25) is 0 Å². The first-order valence-corrected chi connectivity index (χ1v) is 12.2. The van der Waals surface area contributed by atoms with E-state index < -0.39 is 22.7 Å².